The van der Waals surface area contributed by atoms with Gasteiger partial charge in [-0.3, -0.25) is 4.79 Å². The predicted octanol–water partition coefficient (Wildman–Crippen LogP) is 3.83. The minimum absolute atomic E-state index is 0.0985. The molecule has 19 heavy (non-hydrogen) atoms. The number of rotatable bonds is 4. The van der Waals surface area contributed by atoms with Crippen molar-refractivity contribution in [1.29, 1.82) is 0 Å². The topological polar surface area (TPSA) is 46.5 Å². The molecule has 1 aromatic rings. The van der Waals surface area contributed by atoms with Gasteiger partial charge in [0.1, 0.15) is 11.4 Å². The second kappa shape index (κ2) is 5.64. The third-order valence-electron chi connectivity index (χ3n) is 3.56. The van der Waals surface area contributed by atoms with Crippen LogP contribution in [0.4, 0.5) is 0 Å². The fourth-order valence-electron chi connectivity index (χ4n) is 1.88. The summed E-state index contributed by atoms with van der Waals surface area (Å²) in [5.41, 5.74) is 1.80. The third-order valence-corrected chi connectivity index (χ3v) is 3.56. The second-order valence-electron chi connectivity index (χ2n) is 5.70. The number of phenols is 1. The molecule has 1 aromatic carbocycles. The lowest BCUT2D eigenvalue weighted by Crippen LogP contribution is -2.28. The minimum atomic E-state index is -0.691. The SMILES string of the molecule is CCC(C)C(=O)OC(C)(C)c1cc(C)c(O)c(C)c1. The lowest BCUT2D eigenvalue weighted by atomic mass is 9.93. The van der Waals surface area contributed by atoms with E-state index in [4.69, 9.17) is 4.74 Å². The normalized spacial score (nSPS) is 13.2. The fraction of sp³-hybridized carbons (Fsp3) is 0.562. The van der Waals surface area contributed by atoms with Crippen molar-refractivity contribution in [2.45, 2.75) is 53.6 Å². The Morgan fingerprint density at radius 3 is 2.21 bits per heavy atom. The van der Waals surface area contributed by atoms with E-state index < -0.39 is 5.60 Å². The molecule has 0 saturated heterocycles. The van der Waals surface area contributed by atoms with Gasteiger partial charge in [0.2, 0.25) is 0 Å². The molecule has 0 fully saturated rings. The molecule has 0 bridgehead atoms. The first-order valence-corrected chi connectivity index (χ1v) is 6.72. The average Bonchev–Trinajstić information content (AvgIpc) is 2.33. The summed E-state index contributed by atoms with van der Waals surface area (Å²) in [6, 6.07) is 3.73. The van der Waals surface area contributed by atoms with Gasteiger partial charge in [-0.05, 0) is 62.9 Å². The van der Waals surface area contributed by atoms with Gasteiger partial charge in [-0.1, -0.05) is 13.8 Å². The van der Waals surface area contributed by atoms with E-state index in [1.165, 1.54) is 0 Å². The number of benzene rings is 1. The largest absolute Gasteiger partial charge is 0.507 e. The summed E-state index contributed by atoms with van der Waals surface area (Å²) in [7, 11) is 0. The van der Waals surface area contributed by atoms with Gasteiger partial charge < -0.3 is 9.84 Å². The molecule has 0 heterocycles. The van der Waals surface area contributed by atoms with E-state index in [2.05, 4.69) is 0 Å². The summed E-state index contributed by atoms with van der Waals surface area (Å²) in [5, 5.41) is 9.80. The van der Waals surface area contributed by atoms with Crippen LogP contribution in [0, 0.1) is 19.8 Å². The molecule has 0 amide bonds. The van der Waals surface area contributed by atoms with Crippen LogP contribution in [0.25, 0.3) is 0 Å². The Bertz CT molecular complexity index is 452. The Labute approximate surface area is 115 Å². The van der Waals surface area contributed by atoms with Crippen LogP contribution in [0.3, 0.4) is 0 Å². The Morgan fingerprint density at radius 1 is 1.32 bits per heavy atom. The number of carbonyl (C=O) groups is 1. The van der Waals surface area contributed by atoms with E-state index in [9.17, 15) is 9.90 Å². The van der Waals surface area contributed by atoms with Gasteiger partial charge in [-0.15, -0.1) is 0 Å². The van der Waals surface area contributed by atoms with E-state index in [-0.39, 0.29) is 11.9 Å². The summed E-state index contributed by atoms with van der Waals surface area (Å²) >= 11 is 0. The summed E-state index contributed by atoms with van der Waals surface area (Å²) in [4.78, 5) is 11.9. The maximum atomic E-state index is 11.9. The zero-order valence-corrected chi connectivity index (χ0v) is 12.7. The monoisotopic (exact) mass is 264 g/mol. The molecule has 0 aliphatic rings. The van der Waals surface area contributed by atoms with E-state index in [0.717, 1.165) is 23.1 Å². The number of carbonyl (C=O) groups excluding carboxylic acids is 1. The van der Waals surface area contributed by atoms with Crippen molar-refractivity contribution in [3.8, 4) is 5.75 Å². The molecule has 0 aliphatic heterocycles. The van der Waals surface area contributed by atoms with E-state index in [0.29, 0.717) is 5.75 Å². The highest BCUT2D eigenvalue weighted by atomic mass is 16.6. The molecule has 106 valence electrons. The zero-order valence-electron chi connectivity index (χ0n) is 12.7. The van der Waals surface area contributed by atoms with E-state index >= 15 is 0 Å². The number of hydrogen-bond acceptors (Lipinski definition) is 3. The highest BCUT2D eigenvalue weighted by Gasteiger charge is 2.28. The van der Waals surface area contributed by atoms with Crippen molar-refractivity contribution < 1.29 is 14.6 Å². The van der Waals surface area contributed by atoms with Gasteiger partial charge in [-0.2, -0.15) is 0 Å². The highest BCUT2D eigenvalue weighted by molar-refractivity contribution is 5.72. The first-order chi connectivity index (χ1) is 8.69. The van der Waals surface area contributed by atoms with Gasteiger partial charge in [-0.25, -0.2) is 0 Å². The van der Waals surface area contributed by atoms with Gasteiger partial charge in [0, 0.05) is 0 Å². The average molecular weight is 264 g/mol. The molecule has 0 radical (unpaired) electrons. The minimum Gasteiger partial charge on any atom is -0.507 e. The molecule has 0 aromatic heterocycles. The van der Waals surface area contributed by atoms with E-state index in [1.807, 2.05) is 53.7 Å². The van der Waals surface area contributed by atoms with Crippen LogP contribution in [-0.2, 0) is 15.1 Å². The lowest BCUT2D eigenvalue weighted by Gasteiger charge is -2.28. The van der Waals surface area contributed by atoms with Crippen molar-refractivity contribution in [1.82, 2.24) is 0 Å². The molecule has 1 rings (SSSR count). The predicted molar refractivity (Wildman–Crippen MR) is 76.2 cm³/mol. The smallest absolute Gasteiger partial charge is 0.309 e. The molecule has 0 spiro atoms. The Hall–Kier alpha value is -1.51. The maximum absolute atomic E-state index is 11.9. The van der Waals surface area contributed by atoms with E-state index in [1.54, 1.807) is 0 Å². The molecule has 1 unspecified atom stereocenters. The number of aromatic hydroxyl groups is 1. The maximum Gasteiger partial charge on any atom is 0.309 e. The third kappa shape index (κ3) is 3.49. The fourth-order valence-corrected chi connectivity index (χ4v) is 1.88. The van der Waals surface area contributed by atoms with Crippen LogP contribution >= 0.6 is 0 Å². The number of esters is 1. The molecule has 1 atom stereocenters. The van der Waals surface area contributed by atoms with Crippen LogP contribution in [-0.4, -0.2) is 11.1 Å². The summed E-state index contributed by atoms with van der Waals surface area (Å²) in [6.45, 7) is 11.3. The van der Waals surface area contributed by atoms with Gasteiger partial charge in [0.15, 0.2) is 0 Å². The summed E-state index contributed by atoms with van der Waals surface area (Å²) in [5.74, 6) is 0.0160. The van der Waals surface area contributed by atoms with Crippen LogP contribution < -0.4 is 0 Å². The van der Waals surface area contributed by atoms with Crippen molar-refractivity contribution in [3.05, 3.63) is 28.8 Å². The van der Waals surface area contributed by atoms with Crippen molar-refractivity contribution >= 4 is 5.97 Å². The van der Waals surface area contributed by atoms with Crippen molar-refractivity contribution in [2.24, 2.45) is 5.92 Å². The molecule has 3 nitrogen and oxygen atoms in total. The van der Waals surface area contributed by atoms with Crippen molar-refractivity contribution in [2.75, 3.05) is 0 Å². The molecule has 3 heteroatoms. The Balaban J connectivity index is 3.03. The number of ether oxygens (including phenoxy) is 1. The Kier molecular flexibility index (Phi) is 4.61. The summed E-state index contributed by atoms with van der Waals surface area (Å²) < 4.78 is 5.61. The second-order valence-corrected chi connectivity index (χ2v) is 5.70. The molecule has 1 N–H and O–H groups in total. The number of hydrogen-bond donors (Lipinski definition) is 1. The lowest BCUT2D eigenvalue weighted by molar-refractivity contribution is -0.162. The zero-order chi connectivity index (χ0) is 14.8. The molecule has 0 saturated carbocycles. The standard InChI is InChI=1S/C16H24O3/c1-7-10(2)15(18)19-16(5,6)13-8-11(3)14(17)12(4)9-13/h8-10,17H,7H2,1-6H3. The Morgan fingerprint density at radius 2 is 1.79 bits per heavy atom. The molecule has 0 aliphatic carbocycles. The summed E-state index contributed by atoms with van der Waals surface area (Å²) in [6.07, 6.45) is 0.766. The van der Waals surface area contributed by atoms with Crippen LogP contribution in [0.15, 0.2) is 12.1 Å². The number of aryl methyl sites for hydroxylation is 2. The first-order valence-electron chi connectivity index (χ1n) is 6.72. The van der Waals surface area contributed by atoms with Gasteiger partial charge in [0.25, 0.3) is 0 Å². The quantitative estimate of drug-likeness (QED) is 0.841. The molecular weight excluding hydrogens is 240 g/mol. The highest BCUT2D eigenvalue weighted by Crippen LogP contribution is 2.32. The molecular formula is C16H24O3. The number of phenolic OH excluding ortho intramolecular Hbond substituents is 1. The van der Waals surface area contributed by atoms with Gasteiger partial charge in [0.05, 0.1) is 5.92 Å². The van der Waals surface area contributed by atoms with Crippen LogP contribution in [0.2, 0.25) is 0 Å². The first kappa shape index (κ1) is 15.5. The van der Waals surface area contributed by atoms with Crippen molar-refractivity contribution in [3.63, 3.8) is 0 Å². The van der Waals surface area contributed by atoms with Crippen LogP contribution in [0.5, 0.6) is 5.75 Å². The van der Waals surface area contributed by atoms with Crippen LogP contribution in [0.1, 0.15) is 50.8 Å². The van der Waals surface area contributed by atoms with Gasteiger partial charge >= 0.3 is 5.97 Å².